The summed E-state index contributed by atoms with van der Waals surface area (Å²) in [4.78, 5) is 24.8. The standard InChI is InChI=1S/C16H18N2O4/c19-15(9-11-2-5-13-14(8-11)22-10-21-13)17-6-1-7-18(17)16(20)12-3-4-12/h2,5,8,12H,1,3-4,6-7,9-10H2. The van der Waals surface area contributed by atoms with Crippen molar-refractivity contribution < 1.29 is 19.1 Å². The monoisotopic (exact) mass is 302 g/mol. The molecule has 2 amide bonds. The van der Waals surface area contributed by atoms with Crippen molar-refractivity contribution in [1.82, 2.24) is 10.0 Å². The predicted molar refractivity (Wildman–Crippen MR) is 77.0 cm³/mol. The lowest BCUT2D eigenvalue weighted by atomic mass is 10.1. The van der Waals surface area contributed by atoms with E-state index >= 15 is 0 Å². The average Bonchev–Trinajstić information content (AvgIpc) is 3.07. The number of amides is 2. The zero-order valence-corrected chi connectivity index (χ0v) is 12.3. The Morgan fingerprint density at radius 3 is 2.68 bits per heavy atom. The van der Waals surface area contributed by atoms with Crippen LogP contribution in [-0.4, -0.2) is 41.7 Å². The van der Waals surface area contributed by atoms with E-state index in [2.05, 4.69) is 0 Å². The van der Waals surface area contributed by atoms with Gasteiger partial charge in [0.15, 0.2) is 11.5 Å². The van der Waals surface area contributed by atoms with E-state index in [-0.39, 0.29) is 30.9 Å². The molecule has 2 aliphatic heterocycles. The quantitative estimate of drug-likeness (QED) is 0.845. The Labute approximate surface area is 128 Å². The van der Waals surface area contributed by atoms with E-state index in [4.69, 9.17) is 9.47 Å². The summed E-state index contributed by atoms with van der Waals surface area (Å²) in [5, 5.41) is 3.26. The van der Waals surface area contributed by atoms with E-state index < -0.39 is 0 Å². The summed E-state index contributed by atoms with van der Waals surface area (Å²) < 4.78 is 10.6. The van der Waals surface area contributed by atoms with Crippen LogP contribution in [0.25, 0.3) is 0 Å². The summed E-state index contributed by atoms with van der Waals surface area (Å²) in [5.74, 6) is 1.60. The van der Waals surface area contributed by atoms with Crippen LogP contribution in [-0.2, 0) is 16.0 Å². The molecular formula is C16H18N2O4. The third-order valence-corrected chi connectivity index (χ3v) is 4.29. The molecule has 0 radical (unpaired) electrons. The highest BCUT2D eigenvalue weighted by Crippen LogP contribution is 2.34. The fourth-order valence-corrected chi connectivity index (χ4v) is 2.96. The number of carbonyl (C=O) groups is 2. The lowest BCUT2D eigenvalue weighted by molar-refractivity contribution is -0.158. The SMILES string of the molecule is O=C(Cc1ccc2c(c1)OCO2)N1CCCN1C(=O)C1CC1. The van der Waals surface area contributed by atoms with E-state index in [0.717, 1.165) is 24.8 Å². The number of fused-ring (bicyclic) bond motifs is 1. The fourth-order valence-electron chi connectivity index (χ4n) is 2.96. The minimum atomic E-state index is -0.0367. The van der Waals surface area contributed by atoms with E-state index in [1.54, 1.807) is 10.0 Å². The van der Waals surface area contributed by atoms with Gasteiger partial charge in [-0.3, -0.25) is 19.6 Å². The second-order valence-corrected chi connectivity index (χ2v) is 5.97. The Balaban J connectivity index is 1.46. The predicted octanol–water partition coefficient (Wildman–Crippen LogP) is 1.34. The van der Waals surface area contributed by atoms with Gasteiger partial charge in [-0.05, 0) is 37.0 Å². The van der Waals surface area contributed by atoms with Crippen molar-refractivity contribution >= 4 is 11.8 Å². The molecule has 1 aromatic rings. The van der Waals surface area contributed by atoms with E-state index in [9.17, 15) is 9.59 Å². The fraction of sp³-hybridized carbons (Fsp3) is 0.500. The molecule has 3 aliphatic rings. The van der Waals surface area contributed by atoms with E-state index in [0.29, 0.717) is 24.6 Å². The highest BCUT2D eigenvalue weighted by atomic mass is 16.7. The van der Waals surface area contributed by atoms with Gasteiger partial charge < -0.3 is 9.47 Å². The van der Waals surface area contributed by atoms with Gasteiger partial charge in [-0.2, -0.15) is 0 Å². The molecule has 0 bridgehead atoms. The third kappa shape index (κ3) is 2.38. The first-order valence-electron chi connectivity index (χ1n) is 7.72. The van der Waals surface area contributed by atoms with Crippen LogP contribution in [0, 0.1) is 5.92 Å². The first kappa shape index (κ1) is 13.4. The smallest absolute Gasteiger partial charge is 0.245 e. The summed E-state index contributed by atoms with van der Waals surface area (Å²) in [7, 11) is 0. The molecular weight excluding hydrogens is 284 g/mol. The van der Waals surface area contributed by atoms with Crippen LogP contribution >= 0.6 is 0 Å². The molecule has 2 heterocycles. The molecule has 22 heavy (non-hydrogen) atoms. The van der Waals surface area contributed by atoms with Gasteiger partial charge in [0, 0.05) is 19.0 Å². The van der Waals surface area contributed by atoms with Crippen LogP contribution in [0.4, 0.5) is 0 Å². The Morgan fingerprint density at radius 2 is 1.86 bits per heavy atom. The zero-order chi connectivity index (χ0) is 15.1. The molecule has 116 valence electrons. The van der Waals surface area contributed by atoms with Crippen LogP contribution < -0.4 is 9.47 Å². The van der Waals surface area contributed by atoms with Crippen molar-refractivity contribution in [3.05, 3.63) is 23.8 Å². The van der Waals surface area contributed by atoms with Gasteiger partial charge in [0.1, 0.15) is 0 Å². The van der Waals surface area contributed by atoms with Crippen molar-refractivity contribution in [3.8, 4) is 11.5 Å². The normalized spacial score (nSPS) is 19.6. The number of nitrogens with zero attached hydrogens (tertiary/aromatic N) is 2. The van der Waals surface area contributed by atoms with E-state index in [1.807, 2.05) is 18.2 Å². The number of hydrogen-bond donors (Lipinski definition) is 0. The number of rotatable bonds is 3. The molecule has 1 saturated heterocycles. The van der Waals surface area contributed by atoms with Crippen molar-refractivity contribution in [2.24, 2.45) is 5.92 Å². The second kappa shape index (κ2) is 5.19. The molecule has 6 heteroatoms. The number of carbonyl (C=O) groups excluding carboxylic acids is 2. The molecule has 1 aromatic carbocycles. The summed E-state index contributed by atoms with van der Waals surface area (Å²) in [6, 6.07) is 5.53. The largest absolute Gasteiger partial charge is 0.454 e. The second-order valence-electron chi connectivity index (χ2n) is 5.97. The van der Waals surface area contributed by atoms with E-state index in [1.165, 1.54) is 0 Å². The van der Waals surface area contributed by atoms with Crippen molar-refractivity contribution in [2.75, 3.05) is 19.9 Å². The lowest BCUT2D eigenvalue weighted by Gasteiger charge is -2.28. The molecule has 0 spiro atoms. The van der Waals surface area contributed by atoms with Gasteiger partial charge in [-0.15, -0.1) is 0 Å². The van der Waals surface area contributed by atoms with Crippen LogP contribution in [0.3, 0.4) is 0 Å². The summed E-state index contributed by atoms with van der Waals surface area (Å²) >= 11 is 0. The van der Waals surface area contributed by atoms with Crippen molar-refractivity contribution in [2.45, 2.75) is 25.7 Å². The van der Waals surface area contributed by atoms with Crippen molar-refractivity contribution in [1.29, 1.82) is 0 Å². The van der Waals surface area contributed by atoms with Gasteiger partial charge in [0.25, 0.3) is 0 Å². The maximum atomic E-state index is 12.5. The number of ether oxygens (including phenoxy) is 2. The summed E-state index contributed by atoms with van der Waals surface area (Å²) in [6.07, 6.45) is 3.04. The van der Waals surface area contributed by atoms with Gasteiger partial charge in [0.2, 0.25) is 18.6 Å². The molecule has 0 N–H and O–H groups in total. The minimum absolute atomic E-state index is 0.0367. The maximum Gasteiger partial charge on any atom is 0.245 e. The first-order valence-corrected chi connectivity index (χ1v) is 7.72. The Morgan fingerprint density at radius 1 is 1.09 bits per heavy atom. The van der Waals surface area contributed by atoms with Crippen LogP contribution in [0.15, 0.2) is 18.2 Å². The van der Waals surface area contributed by atoms with Gasteiger partial charge >= 0.3 is 0 Å². The zero-order valence-electron chi connectivity index (χ0n) is 12.3. The molecule has 4 rings (SSSR count). The maximum absolute atomic E-state index is 12.5. The molecule has 0 unspecified atom stereocenters. The number of hydrogen-bond acceptors (Lipinski definition) is 4. The van der Waals surface area contributed by atoms with Gasteiger partial charge in [0.05, 0.1) is 6.42 Å². The van der Waals surface area contributed by atoms with Crippen LogP contribution in [0.2, 0.25) is 0 Å². The number of benzene rings is 1. The molecule has 6 nitrogen and oxygen atoms in total. The lowest BCUT2D eigenvalue weighted by Crippen LogP contribution is -2.46. The summed E-state index contributed by atoms with van der Waals surface area (Å²) in [6.45, 7) is 1.51. The Hall–Kier alpha value is -2.24. The highest BCUT2D eigenvalue weighted by molar-refractivity contribution is 5.86. The van der Waals surface area contributed by atoms with Gasteiger partial charge in [-0.1, -0.05) is 6.07 Å². The van der Waals surface area contributed by atoms with Gasteiger partial charge in [-0.25, -0.2) is 0 Å². The van der Waals surface area contributed by atoms with Crippen LogP contribution in [0.1, 0.15) is 24.8 Å². The first-order chi connectivity index (χ1) is 10.7. The Kier molecular flexibility index (Phi) is 3.17. The molecule has 1 saturated carbocycles. The van der Waals surface area contributed by atoms with Crippen LogP contribution in [0.5, 0.6) is 11.5 Å². The molecule has 0 aromatic heterocycles. The average molecular weight is 302 g/mol. The topological polar surface area (TPSA) is 59.1 Å². The van der Waals surface area contributed by atoms with Crippen molar-refractivity contribution in [3.63, 3.8) is 0 Å². The highest BCUT2D eigenvalue weighted by Gasteiger charge is 2.39. The summed E-state index contributed by atoms with van der Waals surface area (Å²) in [5.41, 5.74) is 0.875. The minimum Gasteiger partial charge on any atom is -0.454 e. The number of hydrazine groups is 1. The third-order valence-electron chi connectivity index (χ3n) is 4.29. The molecule has 0 atom stereocenters. The molecule has 2 fully saturated rings. The molecule has 1 aliphatic carbocycles. The Bertz CT molecular complexity index is 627.